The van der Waals surface area contributed by atoms with E-state index in [9.17, 15) is 14.4 Å². The third kappa shape index (κ3) is 7.07. The van der Waals surface area contributed by atoms with E-state index in [-0.39, 0.29) is 24.4 Å². The minimum atomic E-state index is -0.972. The van der Waals surface area contributed by atoms with Crippen LogP contribution in [0.2, 0.25) is 0 Å². The molecular weight excluding hydrogens is 444 g/mol. The number of nitrogens with one attached hydrogen (secondary N) is 2. The molecule has 0 radical (unpaired) electrons. The van der Waals surface area contributed by atoms with Crippen molar-refractivity contribution in [1.29, 1.82) is 0 Å². The normalized spacial score (nSPS) is 14.4. The molecule has 2 aromatic rings. The van der Waals surface area contributed by atoms with Crippen LogP contribution in [0.5, 0.6) is 0 Å². The molecule has 7 heteroatoms. The Morgan fingerprint density at radius 3 is 2.06 bits per heavy atom. The molecule has 0 saturated heterocycles. The highest BCUT2D eigenvalue weighted by atomic mass is 16.5. The highest BCUT2D eigenvalue weighted by Crippen LogP contribution is 2.44. The first-order valence-electron chi connectivity index (χ1n) is 12.2. The number of carboxylic acids is 1. The van der Waals surface area contributed by atoms with Crippen LogP contribution in [-0.4, -0.2) is 41.8 Å². The van der Waals surface area contributed by atoms with E-state index in [2.05, 4.69) is 22.8 Å². The average molecular weight is 481 g/mol. The van der Waals surface area contributed by atoms with Crippen molar-refractivity contribution in [3.8, 4) is 11.1 Å². The Hall–Kier alpha value is -3.35. The fraction of sp³-hybridized carbons (Fsp3) is 0.464. The first-order chi connectivity index (χ1) is 16.6. The Morgan fingerprint density at radius 1 is 0.971 bits per heavy atom. The van der Waals surface area contributed by atoms with E-state index in [0.717, 1.165) is 28.7 Å². The second kappa shape index (κ2) is 11.4. The predicted octanol–water partition coefficient (Wildman–Crippen LogP) is 5.09. The summed E-state index contributed by atoms with van der Waals surface area (Å²) >= 11 is 0. The molecule has 0 saturated carbocycles. The SMILES string of the molecule is CCC[C@@H](CC(=O)O)NC(=O)C(CC(C)(C)C)NC(=O)OCC1c2ccccc2-c2ccccc21. The smallest absolute Gasteiger partial charge is 0.407 e. The second-order valence-corrected chi connectivity index (χ2v) is 10.4. The van der Waals surface area contributed by atoms with Crippen molar-refractivity contribution in [1.82, 2.24) is 10.6 Å². The molecule has 0 aromatic heterocycles. The van der Waals surface area contributed by atoms with Gasteiger partial charge in [0.1, 0.15) is 12.6 Å². The largest absolute Gasteiger partial charge is 0.481 e. The lowest BCUT2D eigenvalue weighted by Crippen LogP contribution is -2.51. The van der Waals surface area contributed by atoms with Gasteiger partial charge in [0.2, 0.25) is 5.91 Å². The van der Waals surface area contributed by atoms with Crippen LogP contribution < -0.4 is 10.6 Å². The van der Waals surface area contributed by atoms with E-state index in [1.54, 1.807) is 0 Å². The Kier molecular flexibility index (Phi) is 8.54. The van der Waals surface area contributed by atoms with Crippen molar-refractivity contribution in [3.63, 3.8) is 0 Å². The van der Waals surface area contributed by atoms with Crippen molar-refractivity contribution in [2.24, 2.45) is 5.41 Å². The molecule has 0 fully saturated rings. The number of aliphatic carboxylic acids is 1. The lowest BCUT2D eigenvalue weighted by molar-refractivity contribution is -0.137. The maximum absolute atomic E-state index is 13.0. The monoisotopic (exact) mass is 480 g/mol. The average Bonchev–Trinajstić information content (AvgIpc) is 3.10. The van der Waals surface area contributed by atoms with Crippen LogP contribution in [0.3, 0.4) is 0 Å². The molecule has 2 amide bonds. The van der Waals surface area contributed by atoms with Gasteiger partial charge in [0.15, 0.2) is 0 Å². The van der Waals surface area contributed by atoms with Crippen molar-refractivity contribution in [2.75, 3.05) is 6.61 Å². The number of amides is 2. The number of hydrogen-bond acceptors (Lipinski definition) is 4. The van der Waals surface area contributed by atoms with E-state index in [1.165, 1.54) is 0 Å². The summed E-state index contributed by atoms with van der Waals surface area (Å²) in [6, 6.07) is 14.9. The first-order valence-corrected chi connectivity index (χ1v) is 12.2. The fourth-order valence-corrected chi connectivity index (χ4v) is 4.69. The molecule has 3 rings (SSSR count). The lowest BCUT2D eigenvalue weighted by Gasteiger charge is -2.28. The maximum atomic E-state index is 13.0. The Morgan fingerprint density at radius 2 is 1.54 bits per heavy atom. The maximum Gasteiger partial charge on any atom is 0.407 e. The van der Waals surface area contributed by atoms with Gasteiger partial charge >= 0.3 is 12.1 Å². The summed E-state index contributed by atoms with van der Waals surface area (Å²) in [7, 11) is 0. The highest BCUT2D eigenvalue weighted by molar-refractivity contribution is 5.86. The zero-order valence-electron chi connectivity index (χ0n) is 21.0. The summed E-state index contributed by atoms with van der Waals surface area (Å²) < 4.78 is 5.63. The number of alkyl carbamates (subject to hydrolysis) is 1. The number of rotatable bonds is 10. The number of ether oxygens (including phenoxy) is 1. The van der Waals surface area contributed by atoms with E-state index >= 15 is 0 Å². The topological polar surface area (TPSA) is 105 Å². The molecule has 0 spiro atoms. The quantitative estimate of drug-likeness (QED) is 0.439. The molecule has 3 N–H and O–H groups in total. The van der Waals surface area contributed by atoms with E-state index in [1.807, 2.05) is 64.1 Å². The summed E-state index contributed by atoms with van der Waals surface area (Å²) in [6.45, 7) is 8.03. The van der Waals surface area contributed by atoms with Crippen LogP contribution in [0, 0.1) is 5.41 Å². The Bertz CT molecular complexity index is 1010. The fourth-order valence-electron chi connectivity index (χ4n) is 4.69. The van der Waals surface area contributed by atoms with Gasteiger partial charge in [-0.15, -0.1) is 0 Å². The zero-order valence-corrected chi connectivity index (χ0v) is 21.0. The molecule has 2 atom stereocenters. The summed E-state index contributed by atoms with van der Waals surface area (Å²) in [6.07, 6.45) is 0.844. The zero-order chi connectivity index (χ0) is 25.6. The minimum Gasteiger partial charge on any atom is -0.481 e. The second-order valence-electron chi connectivity index (χ2n) is 10.4. The van der Waals surface area contributed by atoms with Crippen LogP contribution in [0.15, 0.2) is 48.5 Å². The molecule has 2 aromatic carbocycles. The van der Waals surface area contributed by atoms with Gasteiger partial charge in [-0.25, -0.2) is 4.79 Å². The Labute approximate surface area is 207 Å². The van der Waals surface area contributed by atoms with Crippen LogP contribution >= 0.6 is 0 Å². The third-order valence-corrected chi connectivity index (χ3v) is 6.17. The number of fused-ring (bicyclic) bond motifs is 3. The lowest BCUT2D eigenvalue weighted by atomic mass is 9.87. The van der Waals surface area contributed by atoms with Crippen molar-refractivity contribution in [3.05, 3.63) is 59.7 Å². The Balaban J connectivity index is 1.68. The van der Waals surface area contributed by atoms with Crippen LogP contribution in [-0.2, 0) is 14.3 Å². The number of benzene rings is 2. The highest BCUT2D eigenvalue weighted by Gasteiger charge is 2.31. The van der Waals surface area contributed by atoms with Gasteiger partial charge in [0.25, 0.3) is 0 Å². The van der Waals surface area contributed by atoms with Gasteiger partial charge < -0.3 is 20.5 Å². The van der Waals surface area contributed by atoms with Gasteiger partial charge in [0, 0.05) is 12.0 Å². The number of carbonyl (C=O) groups excluding carboxylic acids is 2. The van der Waals surface area contributed by atoms with Crippen LogP contribution in [0.4, 0.5) is 4.79 Å². The molecule has 0 bridgehead atoms. The van der Waals surface area contributed by atoms with Crippen molar-refractivity contribution >= 4 is 18.0 Å². The van der Waals surface area contributed by atoms with E-state index in [4.69, 9.17) is 9.84 Å². The third-order valence-electron chi connectivity index (χ3n) is 6.17. The van der Waals surface area contributed by atoms with Gasteiger partial charge in [-0.05, 0) is 40.5 Å². The van der Waals surface area contributed by atoms with Gasteiger partial charge in [-0.2, -0.15) is 0 Å². The first kappa shape index (κ1) is 26.3. The van der Waals surface area contributed by atoms with Gasteiger partial charge in [-0.1, -0.05) is 82.6 Å². The number of hydrogen-bond donors (Lipinski definition) is 3. The van der Waals surface area contributed by atoms with Crippen LogP contribution in [0.25, 0.3) is 11.1 Å². The molecule has 0 heterocycles. The van der Waals surface area contributed by atoms with Gasteiger partial charge in [0.05, 0.1) is 6.42 Å². The number of carboxylic acid groups (broad SMARTS) is 1. The molecule has 1 aliphatic rings. The standard InChI is InChI=1S/C28H36N2O5/c1-5-10-18(15-25(31)32)29-26(33)24(16-28(2,3)4)30-27(34)35-17-23-21-13-8-6-11-19(21)20-12-7-9-14-22(20)23/h6-9,11-14,18,23-24H,5,10,15-17H2,1-4H3,(H,29,33)(H,30,34)(H,31,32)/t18-,24?/m0/s1. The summed E-state index contributed by atoms with van der Waals surface area (Å²) in [5, 5.41) is 14.7. The molecule has 0 aliphatic heterocycles. The molecular formula is C28H36N2O5. The molecule has 1 unspecified atom stereocenters. The van der Waals surface area contributed by atoms with Crippen molar-refractivity contribution in [2.45, 2.75) is 71.4 Å². The van der Waals surface area contributed by atoms with Crippen LogP contribution in [0.1, 0.15) is 70.4 Å². The van der Waals surface area contributed by atoms with E-state index in [0.29, 0.717) is 12.8 Å². The molecule has 188 valence electrons. The van der Waals surface area contributed by atoms with Crippen molar-refractivity contribution < 1.29 is 24.2 Å². The summed E-state index contributed by atoms with van der Waals surface area (Å²) in [5.74, 6) is -1.44. The molecule has 1 aliphatic carbocycles. The predicted molar refractivity (Wildman–Crippen MR) is 135 cm³/mol. The molecule has 7 nitrogen and oxygen atoms in total. The van der Waals surface area contributed by atoms with E-state index < -0.39 is 30.1 Å². The summed E-state index contributed by atoms with van der Waals surface area (Å²) in [4.78, 5) is 37.0. The molecule has 35 heavy (non-hydrogen) atoms. The minimum absolute atomic E-state index is 0.0763. The number of carbonyl (C=O) groups is 3. The van der Waals surface area contributed by atoms with Gasteiger partial charge in [-0.3, -0.25) is 9.59 Å². The summed E-state index contributed by atoms with van der Waals surface area (Å²) in [5.41, 5.74) is 4.26.